The first kappa shape index (κ1) is 16.2. The number of benzene rings is 1. The summed E-state index contributed by atoms with van der Waals surface area (Å²) in [6.07, 6.45) is 3.39. The molecule has 0 aliphatic carbocycles. The molecule has 0 saturated carbocycles. The molecule has 1 aromatic heterocycles. The van der Waals surface area contributed by atoms with Crippen molar-refractivity contribution in [2.45, 2.75) is 32.0 Å². The number of nitrogens with zero attached hydrogens (tertiary/aromatic N) is 3. The molecule has 6 nitrogen and oxygen atoms in total. The van der Waals surface area contributed by atoms with Crippen LogP contribution in [0.2, 0.25) is 0 Å². The topological polar surface area (TPSA) is 67.2 Å². The summed E-state index contributed by atoms with van der Waals surface area (Å²) in [5, 5.41) is 6.99. The van der Waals surface area contributed by atoms with E-state index in [1.54, 1.807) is 35.0 Å². The van der Waals surface area contributed by atoms with E-state index in [2.05, 4.69) is 10.4 Å². The van der Waals surface area contributed by atoms with E-state index >= 15 is 0 Å². The van der Waals surface area contributed by atoms with Crippen LogP contribution in [0.25, 0.3) is 0 Å². The fraction of sp³-hybridized carbons (Fsp3) is 0.353. The molecule has 2 heterocycles. The Morgan fingerprint density at radius 3 is 2.71 bits per heavy atom. The van der Waals surface area contributed by atoms with E-state index in [1.165, 1.54) is 18.3 Å². The van der Waals surface area contributed by atoms with Crippen molar-refractivity contribution in [1.29, 1.82) is 0 Å². The molecular weight excluding hydrogens is 311 g/mol. The van der Waals surface area contributed by atoms with Crippen LogP contribution >= 0.6 is 0 Å². The van der Waals surface area contributed by atoms with Crippen LogP contribution < -0.4 is 5.32 Å². The highest BCUT2D eigenvalue weighted by Crippen LogP contribution is 2.32. The molecule has 3 rings (SSSR count). The number of carbonyl (C=O) groups is 2. The number of carbonyl (C=O) groups excluding carboxylic acids is 2. The molecule has 1 fully saturated rings. The second-order valence-electron chi connectivity index (χ2n) is 5.87. The summed E-state index contributed by atoms with van der Waals surface area (Å²) >= 11 is 0. The van der Waals surface area contributed by atoms with Crippen molar-refractivity contribution in [1.82, 2.24) is 20.0 Å². The van der Waals surface area contributed by atoms with Crippen molar-refractivity contribution in [3.63, 3.8) is 0 Å². The van der Waals surface area contributed by atoms with E-state index in [4.69, 9.17) is 0 Å². The standard InChI is InChI=1S/C17H19FN4O2/c1-3-22-10-12(9-19-22)17(24)20-14-8-15(23)21(2)16(14)11-4-6-13(18)7-5-11/h4-7,9-10,14,16H,3,8H2,1-2H3,(H,20,24)/t14-,16-/m0/s1. The summed E-state index contributed by atoms with van der Waals surface area (Å²) < 4.78 is 14.8. The molecule has 0 radical (unpaired) electrons. The van der Waals surface area contributed by atoms with E-state index in [9.17, 15) is 14.0 Å². The normalized spacial score (nSPS) is 20.5. The Labute approximate surface area is 139 Å². The van der Waals surface area contributed by atoms with Crippen molar-refractivity contribution in [3.8, 4) is 0 Å². The SMILES string of the molecule is CCn1cc(C(=O)N[C@H]2CC(=O)N(C)[C@H]2c2ccc(F)cc2)cn1. The average Bonchev–Trinajstić information content (AvgIpc) is 3.15. The molecule has 0 bridgehead atoms. The van der Waals surface area contributed by atoms with Crippen LogP contribution in [0, 0.1) is 5.82 Å². The maximum absolute atomic E-state index is 13.2. The van der Waals surface area contributed by atoms with Gasteiger partial charge in [0.05, 0.1) is 23.8 Å². The van der Waals surface area contributed by atoms with Crippen LogP contribution in [0.3, 0.4) is 0 Å². The van der Waals surface area contributed by atoms with E-state index in [-0.39, 0.29) is 36.1 Å². The van der Waals surface area contributed by atoms with Crippen molar-refractivity contribution < 1.29 is 14.0 Å². The second kappa shape index (κ2) is 6.43. The highest BCUT2D eigenvalue weighted by atomic mass is 19.1. The fourth-order valence-electron chi connectivity index (χ4n) is 3.02. The molecule has 1 aliphatic heterocycles. The lowest BCUT2D eigenvalue weighted by molar-refractivity contribution is -0.127. The largest absolute Gasteiger partial charge is 0.346 e. The third kappa shape index (κ3) is 3.02. The predicted molar refractivity (Wildman–Crippen MR) is 85.7 cm³/mol. The van der Waals surface area contributed by atoms with Gasteiger partial charge in [0, 0.05) is 26.2 Å². The van der Waals surface area contributed by atoms with Gasteiger partial charge in [0.15, 0.2) is 0 Å². The van der Waals surface area contributed by atoms with Gasteiger partial charge >= 0.3 is 0 Å². The van der Waals surface area contributed by atoms with Crippen LogP contribution in [0.4, 0.5) is 4.39 Å². The molecule has 126 valence electrons. The number of aromatic nitrogens is 2. The van der Waals surface area contributed by atoms with Crippen molar-refractivity contribution in [3.05, 3.63) is 53.6 Å². The van der Waals surface area contributed by atoms with Crippen LogP contribution in [0.15, 0.2) is 36.7 Å². The molecule has 2 aromatic rings. The molecule has 1 aromatic carbocycles. The van der Waals surface area contributed by atoms with Crippen LogP contribution in [-0.4, -0.2) is 39.6 Å². The smallest absolute Gasteiger partial charge is 0.254 e. The molecular formula is C17H19FN4O2. The van der Waals surface area contributed by atoms with Gasteiger partial charge in [-0.15, -0.1) is 0 Å². The Balaban J connectivity index is 1.81. The van der Waals surface area contributed by atoms with Crippen LogP contribution in [-0.2, 0) is 11.3 Å². The minimum atomic E-state index is -0.370. The minimum Gasteiger partial charge on any atom is -0.346 e. The molecule has 0 unspecified atom stereocenters. The highest BCUT2D eigenvalue weighted by Gasteiger charge is 2.39. The van der Waals surface area contributed by atoms with E-state index in [1.807, 2.05) is 6.92 Å². The number of hydrogen-bond acceptors (Lipinski definition) is 3. The maximum Gasteiger partial charge on any atom is 0.254 e. The maximum atomic E-state index is 13.2. The minimum absolute atomic E-state index is 0.0566. The number of likely N-dealkylation sites (tertiary alicyclic amines) is 1. The summed E-state index contributed by atoms with van der Waals surface area (Å²) in [4.78, 5) is 26.1. The second-order valence-corrected chi connectivity index (χ2v) is 5.87. The summed E-state index contributed by atoms with van der Waals surface area (Å²) in [6, 6.07) is 5.31. The summed E-state index contributed by atoms with van der Waals surface area (Å²) in [7, 11) is 1.69. The van der Waals surface area contributed by atoms with Gasteiger partial charge < -0.3 is 10.2 Å². The Morgan fingerprint density at radius 1 is 1.38 bits per heavy atom. The lowest BCUT2D eigenvalue weighted by Crippen LogP contribution is -2.38. The first-order chi connectivity index (χ1) is 11.5. The van der Waals surface area contributed by atoms with Gasteiger partial charge in [0.25, 0.3) is 5.91 Å². The zero-order chi connectivity index (χ0) is 17.3. The van der Waals surface area contributed by atoms with Gasteiger partial charge in [0.2, 0.25) is 5.91 Å². The summed E-state index contributed by atoms with van der Waals surface area (Å²) in [5.41, 5.74) is 1.25. The molecule has 7 heteroatoms. The summed E-state index contributed by atoms with van der Waals surface area (Å²) in [6.45, 7) is 2.61. The lowest BCUT2D eigenvalue weighted by Gasteiger charge is -2.25. The molecule has 1 N–H and O–H groups in total. The number of hydrogen-bond donors (Lipinski definition) is 1. The number of rotatable bonds is 4. The van der Waals surface area contributed by atoms with E-state index in [0.29, 0.717) is 12.1 Å². The molecule has 1 saturated heterocycles. The summed E-state index contributed by atoms with van der Waals surface area (Å²) in [5.74, 6) is -0.660. The number of aryl methyl sites for hydroxylation is 1. The van der Waals surface area contributed by atoms with E-state index < -0.39 is 0 Å². The quantitative estimate of drug-likeness (QED) is 0.928. The first-order valence-corrected chi connectivity index (χ1v) is 7.84. The molecule has 2 atom stereocenters. The monoisotopic (exact) mass is 330 g/mol. The fourth-order valence-corrected chi connectivity index (χ4v) is 3.02. The van der Waals surface area contributed by atoms with Crippen LogP contribution in [0.5, 0.6) is 0 Å². The van der Waals surface area contributed by atoms with Gasteiger partial charge in [-0.2, -0.15) is 5.10 Å². The zero-order valence-corrected chi connectivity index (χ0v) is 13.6. The Kier molecular flexibility index (Phi) is 4.33. The van der Waals surface area contributed by atoms with Crippen molar-refractivity contribution >= 4 is 11.8 Å². The van der Waals surface area contributed by atoms with E-state index in [0.717, 1.165) is 5.56 Å². The van der Waals surface area contributed by atoms with Gasteiger partial charge in [-0.25, -0.2) is 4.39 Å². The molecule has 1 aliphatic rings. The van der Waals surface area contributed by atoms with Crippen LogP contribution in [0.1, 0.15) is 35.3 Å². The molecule has 0 spiro atoms. The number of halogens is 1. The molecule has 24 heavy (non-hydrogen) atoms. The van der Waals surface area contributed by atoms with Gasteiger partial charge in [-0.3, -0.25) is 14.3 Å². The Morgan fingerprint density at radius 2 is 2.08 bits per heavy atom. The van der Waals surface area contributed by atoms with Crippen molar-refractivity contribution in [2.24, 2.45) is 0 Å². The van der Waals surface area contributed by atoms with Gasteiger partial charge in [-0.1, -0.05) is 12.1 Å². The van der Waals surface area contributed by atoms with Gasteiger partial charge in [-0.05, 0) is 24.6 Å². The lowest BCUT2D eigenvalue weighted by atomic mass is 10.00. The highest BCUT2D eigenvalue weighted by molar-refractivity contribution is 5.94. The zero-order valence-electron chi connectivity index (χ0n) is 13.6. The van der Waals surface area contributed by atoms with Gasteiger partial charge in [0.1, 0.15) is 5.82 Å². The van der Waals surface area contributed by atoms with Crippen molar-refractivity contribution in [2.75, 3.05) is 7.05 Å². The first-order valence-electron chi connectivity index (χ1n) is 7.84. The number of nitrogens with one attached hydrogen (secondary N) is 1. The average molecular weight is 330 g/mol. The third-order valence-corrected chi connectivity index (χ3v) is 4.33. The Hall–Kier alpha value is -2.70. The Bertz CT molecular complexity index is 756. The number of amides is 2. The third-order valence-electron chi connectivity index (χ3n) is 4.33. The number of likely N-dealkylation sites (N-methyl/N-ethyl adjacent to an activating group) is 1. The predicted octanol–water partition coefficient (Wildman–Crippen LogP) is 1.74. The molecule has 2 amide bonds.